The Morgan fingerprint density at radius 3 is 2.74 bits per heavy atom. The van der Waals surface area contributed by atoms with E-state index >= 15 is 0 Å². The van der Waals surface area contributed by atoms with Gasteiger partial charge in [-0.15, -0.1) is 0 Å². The molecule has 0 aliphatic carbocycles. The molecule has 1 aromatic carbocycles. The van der Waals surface area contributed by atoms with Crippen molar-refractivity contribution in [2.24, 2.45) is 0 Å². The van der Waals surface area contributed by atoms with E-state index < -0.39 is 11.8 Å². The average Bonchev–Trinajstić information content (AvgIpc) is 2.36. The normalized spacial score (nSPS) is 10.7. The minimum absolute atomic E-state index is 0.0760. The van der Waals surface area contributed by atoms with Gasteiger partial charge in [0.1, 0.15) is 5.82 Å². The summed E-state index contributed by atoms with van der Waals surface area (Å²) in [6.45, 7) is 1.52. The second-order valence-corrected chi connectivity index (χ2v) is 5.07. The van der Waals surface area contributed by atoms with Crippen molar-refractivity contribution in [3.8, 4) is 0 Å². The molecule has 0 atom stereocenters. The van der Waals surface area contributed by atoms with Gasteiger partial charge in [0.05, 0.1) is 12.7 Å². The number of carbonyl (C=O) groups excluding carboxylic acids is 2. The first-order valence-electron chi connectivity index (χ1n) is 5.71. The molecule has 0 fully saturated rings. The first-order valence-corrected chi connectivity index (χ1v) is 6.70. The van der Waals surface area contributed by atoms with E-state index in [0.717, 1.165) is 6.07 Å². The van der Waals surface area contributed by atoms with Gasteiger partial charge >= 0.3 is 5.97 Å². The average molecular weight is 282 g/mol. The van der Waals surface area contributed by atoms with E-state index in [1.807, 2.05) is 6.08 Å². The van der Waals surface area contributed by atoms with Crippen LogP contribution in [0.5, 0.6) is 0 Å². The van der Waals surface area contributed by atoms with Crippen molar-refractivity contribution >= 4 is 28.9 Å². The first kappa shape index (κ1) is 15.4. The lowest BCUT2D eigenvalue weighted by atomic mass is 10.1. The molecule has 0 unspecified atom stereocenters. The van der Waals surface area contributed by atoms with Crippen molar-refractivity contribution in [2.45, 2.75) is 13.3 Å². The fourth-order valence-corrected chi connectivity index (χ4v) is 1.98. The molecule has 0 radical (unpaired) electrons. The minimum atomic E-state index is -0.568. The van der Waals surface area contributed by atoms with Crippen LogP contribution in [0.4, 0.5) is 4.39 Å². The summed E-state index contributed by atoms with van der Waals surface area (Å²) in [6, 6.07) is 4.03. The number of rotatable bonds is 5. The van der Waals surface area contributed by atoms with Gasteiger partial charge in [0.15, 0.2) is 5.12 Å². The van der Waals surface area contributed by atoms with Gasteiger partial charge in [0.2, 0.25) is 0 Å². The van der Waals surface area contributed by atoms with Crippen molar-refractivity contribution in [3.05, 3.63) is 41.2 Å². The van der Waals surface area contributed by atoms with Gasteiger partial charge in [-0.2, -0.15) is 0 Å². The lowest BCUT2D eigenvalue weighted by Crippen LogP contribution is -2.02. The highest BCUT2D eigenvalue weighted by atomic mass is 32.2. The zero-order valence-electron chi connectivity index (χ0n) is 10.8. The molecular weight excluding hydrogens is 267 g/mol. The summed E-state index contributed by atoms with van der Waals surface area (Å²) < 4.78 is 17.9. The number of ether oxygens (including phenoxy) is 1. The minimum Gasteiger partial charge on any atom is -0.465 e. The monoisotopic (exact) mass is 282 g/mol. The Balaban J connectivity index is 2.67. The van der Waals surface area contributed by atoms with E-state index in [1.165, 1.54) is 31.9 Å². The van der Waals surface area contributed by atoms with Crippen molar-refractivity contribution in [1.82, 2.24) is 0 Å². The second-order valence-electron chi connectivity index (χ2n) is 3.80. The molecule has 0 N–H and O–H groups in total. The summed E-state index contributed by atoms with van der Waals surface area (Å²) in [6.07, 6.45) is 4.26. The highest BCUT2D eigenvalue weighted by Crippen LogP contribution is 2.13. The maximum Gasteiger partial charge on any atom is 0.337 e. The molecule has 1 aromatic rings. The van der Waals surface area contributed by atoms with Crippen LogP contribution in [-0.2, 0) is 9.53 Å². The van der Waals surface area contributed by atoms with Crippen LogP contribution in [0.25, 0.3) is 6.08 Å². The molecule has 0 amide bonds. The van der Waals surface area contributed by atoms with E-state index in [4.69, 9.17) is 0 Å². The quantitative estimate of drug-likeness (QED) is 0.614. The summed E-state index contributed by atoms with van der Waals surface area (Å²) in [7, 11) is 1.25. The lowest BCUT2D eigenvalue weighted by Gasteiger charge is -2.01. The Morgan fingerprint density at radius 2 is 2.11 bits per heavy atom. The van der Waals surface area contributed by atoms with Crippen LogP contribution in [0.3, 0.4) is 0 Å². The molecule has 0 spiro atoms. The zero-order valence-corrected chi connectivity index (χ0v) is 11.6. The Labute approximate surface area is 115 Å². The molecule has 3 nitrogen and oxygen atoms in total. The Hall–Kier alpha value is -1.62. The number of halogens is 1. The Bertz CT molecular complexity index is 497. The van der Waals surface area contributed by atoms with E-state index in [2.05, 4.69) is 4.74 Å². The molecule has 102 valence electrons. The third-order valence-electron chi connectivity index (χ3n) is 2.24. The standard InChI is InChI=1S/C14H15FO3S/c1-10(16)19-6-4-3-5-11-7-12(14(17)18-2)9-13(15)8-11/h3,5,7-9H,4,6H2,1-2H3. The maximum atomic E-state index is 13.3. The van der Waals surface area contributed by atoms with Gasteiger partial charge in [-0.05, 0) is 30.2 Å². The van der Waals surface area contributed by atoms with Crippen LogP contribution >= 0.6 is 11.8 Å². The van der Waals surface area contributed by atoms with Gasteiger partial charge in [-0.1, -0.05) is 23.9 Å². The second kappa shape index (κ2) is 7.74. The van der Waals surface area contributed by atoms with Crippen LogP contribution in [0.15, 0.2) is 24.3 Å². The molecule has 0 aliphatic heterocycles. The van der Waals surface area contributed by atoms with Crippen LogP contribution in [-0.4, -0.2) is 23.9 Å². The molecule has 0 aliphatic rings. The van der Waals surface area contributed by atoms with Crippen LogP contribution in [0.1, 0.15) is 29.3 Å². The van der Waals surface area contributed by atoms with E-state index in [1.54, 1.807) is 12.1 Å². The van der Waals surface area contributed by atoms with Gasteiger partial charge in [-0.25, -0.2) is 9.18 Å². The number of benzene rings is 1. The summed E-state index contributed by atoms with van der Waals surface area (Å²) in [5.41, 5.74) is 0.772. The van der Waals surface area contributed by atoms with Gasteiger partial charge in [0, 0.05) is 12.7 Å². The van der Waals surface area contributed by atoms with Crippen molar-refractivity contribution in [3.63, 3.8) is 0 Å². The molecule has 19 heavy (non-hydrogen) atoms. The van der Waals surface area contributed by atoms with E-state index in [9.17, 15) is 14.0 Å². The predicted molar refractivity (Wildman–Crippen MR) is 74.5 cm³/mol. The third kappa shape index (κ3) is 5.70. The summed E-state index contributed by atoms with van der Waals surface area (Å²) in [4.78, 5) is 22.0. The third-order valence-corrected chi connectivity index (χ3v) is 3.09. The number of methoxy groups -OCH3 is 1. The summed E-state index contributed by atoms with van der Waals surface area (Å²) >= 11 is 1.24. The van der Waals surface area contributed by atoms with Crippen LogP contribution < -0.4 is 0 Å². The lowest BCUT2D eigenvalue weighted by molar-refractivity contribution is -0.109. The van der Waals surface area contributed by atoms with Gasteiger partial charge in [-0.3, -0.25) is 4.79 Å². The smallest absolute Gasteiger partial charge is 0.337 e. The van der Waals surface area contributed by atoms with Gasteiger partial charge in [0.25, 0.3) is 0 Å². The van der Waals surface area contributed by atoms with Crippen LogP contribution in [0, 0.1) is 5.82 Å². The summed E-state index contributed by atoms with van der Waals surface area (Å²) in [5, 5.41) is 0.0760. The molecule has 0 heterocycles. The molecule has 0 saturated carbocycles. The van der Waals surface area contributed by atoms with E-state index in [0.29, 0.717) is 17.7 Å². The highest BCUT2D eigenvalue weighted by Gasteiger charge is 2.07. The molecule has 5 heteroatoms. The van der Waals surface area contributed by atoms with Gasteiger partial charge < -0.3 is 4.74 Å². The largest absolute Gasteiger partial charge is 0.465 e. The molecular formula is C14H15FO3S. The number of hydrogen-bond donors (Lipinski definition) is 0. The molecule has 0 aromatic heterocycles. The first-order chi connectivity index (χ1) is 9.02. The Morgan fingerprint density at radius 1 is 1.37 bits per heavy atom. The van der Waals surface area contributed by atoms with Crippen LogP contribution in [0.2, 0.25) is 0 Å². The number of carbonyl (C=O) groups is 2. The van der Waals surface area contributed by atoms with Crippen molar-refractivity contribution in [1.29, 1.82) is 0 Å². The SMILES string of the molecule is COC(=O)c1cc(F)cc(C=CCCSC(C)=O)c1. The molecule has 1 rings (SSSR count). The molecule has 0 bridgehead atoms. The predicted octanol–water partition coefficient (Wildman–Crippen LogP) is 3.30. The van der Waals surface area contributed by atoms with E-state index in [-0.39, 0.29) is 10.7 Å². The fourth-order valence-electron chi connectivity index (χ4n) is 1.43. The Kier molecular flexibility index (Phi) is 6.29. The number of esters is 1. The fraction of sp³-hybridized carbons (Fsp3) is 0.286. The topological polar surface area (TPSA) is 43.4 Å². The summed E-state index contributed by atoms with van der Waals surface area (Å²) in [5.74, 6) is -0.368. The highest BCUT2D eigenvalue weighted by molar-refractivity contribution is 8.13. The maximum absolute atomic E-state index is 13.3. The van der Waals surface area contributed by atoms with Crippen molar-refractivity contribution < 1.29 is 18.7 Å². The number of hydrogen-bond acceptors (Lipinski definition) is 4. The number of allylic oxidation sites excluding steroid dienone is 1. The van der Waals surface area contributed by atoms with Crippen molar-refractivity contribution in [2.75, 3.05) is 12.9 Å². The number of thioether (sulfide) groups is 1. The zero-order chi connectivity index (χ0) is 14.3. The molecule has 0 saturated heterocycles.